The van der Waals surface area contributed by atoms with Crippen molar-refractivity contribution in [1.82, 2.24) is 5.32 Å². The molecule has 0 aliphatic heterocycles. The van der Waals surface area contributed by atoms with Crippen molar-refractivity contribution in [3.05, 3.63) is 0 Å². The molecule has 2 aliphatic rings. The lowest BCUT2D eigenvalue weighted by molar-refractivity contribution is -0.149. The third-order valence-electron chi connectivity index (χ3n) is 4.09. The van der Waals surface area contributed by atoms with Crippen LogP contribution in [0.5, 0.6) is 0 Å². The number of hydrogen-bond acceptors (Lipinski definition) is 4. The van der Waals surface area contributed by atoms with E-state index < -0.39 is 11.5 Å². The first-order chi connectivity index (χ1) is 9.03. The third-order valence-corrected chi connectivity index (χ3v) is 4.09. The number of carboxylic acids is 1. The van der Waals surface area contributed by atoms with E-state index in [4.69, 9.17) is 9.47 Å². The lowest BCUT2D eigenvalue weighted by atomic mass is 9.94. The number of ether oxygens (including phenoxy) is 2. The van der Waals surface area contributed by atoms with Crippen molar-refractivity contribution in [2.45, 2.75) is 69.2 Å². The lowest BCUT2D eigenvalue weighted by Crippen LogP contribution is -2.54. The van der Waals surface area contributed by atoms with Gasteiger partial charge in [-0.2, -0.15) is 0 Å². The Bertz CT molecular complexity index is 319. The van der Waals surface area contributed by atoms with Gasteiger partial charge in [-0.05, 0) is 45.4 Å². The van der Waals surface area contributed by atoms with Gasteiger partial charge in [0.2, 0.25) is 0 Å². The fraction of sp³-hybridized carbons (Fsp3) is 0.929. The quantitative estimate of drug-likeness (QED) is 0.735. The first-order valence-electron chi connectivity index (χ1n) is 7.19. The Labute approximate surface area is 114 Å². The van der Waals surface area contributed by atoms with E-state index >= 15 is 0 Å². The van der Waals surface area contributed by atoms with E-state index in [1.807, 2.05) is 0 Å². The molecule has 2 rings (SSSR count). The first-order valence-corrected chi connectivity index (χ1v) is 7.19. The van der Waals surface area contributed by atoms with Gasteiger partial charge in [-0.1, -0.05) is 0 Å². The van der Waals surface area contributed by atoms with Crippen LogP contribution in [0.3, 0.4) is 0 Å². The average Bonchev–Trinajstić information content (AvgIpc) is 3.20. The smallest absolute Gasteiger partial charge is 0.326 e. The number of hydrogen-bond donors (Lipinski definition) is 2. The van der Waals surface area contributed by atoms with Crippen molar-refractivity contribution < 1.29 is 19.4 Å². The summed E-state index contributed by atoms with van der Waals surface area (Å²) in [6.07, 6.45) is 6.55. The van der Waals surface area contributed by atoms with Crippen LogP contribution in [0.2, 0.25) is 0 Å². The van der Waals surface area contributed by atoms with Crippen molar-refractivity contribution in [3.8, 4) is 0 Å². The molecule has 0 heterocycles. The van der Waals surface area contributed by atoms with Crippen LogP contribution in [0.25, 0.3) is 0 Å². The van der Waals surface area contributed by atoms with Crippen LogP contribution in [-0.4, -0.2) is 48.6 Å². The Morgan fingerprint density at radius 2 is 2.00 bits per heavy atom. The Kier molecular flexibility index (Phi) is 4.81. The SMILES string of the molecule is COC1CCCC(OCC(C)(NC2CC2)C(=O)O)C1. The van der Waals surface area contributed by atoms with Crippen LogP contribution in [-0.2, 0) is 14.3 Å². The van der Waals surface area contributed by atoms with Gasteiger partial charge in [-0.3, -0.25) is 10.1 Å². The summed E-state index contributed by atoms with van der Waals surface area (Å²) in [5.74, 6) is -0.835. The zero-order valence-electron chi connectivity index (χ0n) is 11.9. The predicted molar refractivity (Wildman–Crippen MR) is 71.2 cm³/mol. The zero-order valence-corrected chi connectivity index (χ0v) is 11.9. The molecule has 5 heteroatoms. The maximum absolute atomic E-state index is 11.4. The first kappa shape index (κ1) is 14.8. The highest BCUT2D eigenvalue weighted by molar-refractivity contribution is 5.78. The minimum absolute atomic E-state index is 0.123. The molecule has 0 radical (unpaired) electrons. The molecular weight excluding hydrogens is 246 g/mol. The van der Waals surface area contributed by atoms with Gasteiger partial charge in [0.15, 0.2) is 0 Å². The van der Waals surface area contributed by atoms with Crippen molar-refractivity contribution in [2.75, 3.05) is 13.7 Å². The van der Waals surface area contributed by atoms with E-state index in [2.05, 4.69) is 5.32 Å². The highest BCUT2D eigenvalue weighted by Crippen LogP contribution is 2.26. The van der Waals surface area contributed by atoms with Gasteiger partial charge < -0.3 is 14.6 Å². The van der Waals surface area contributed by atoms with E-state index in [-0.39, 0.29) is 18.8 Å². The van der Waals surface area contributed by atoms with Crippen LogP contribution in [0.4, 0.5) is 0 Å². The fourth-order valence-electron chi connectivity index (χ4n) is 2.60. The number of methoxy groups -OCH3 is 1. The summed E-state index contributed by atoms with van der Waals surface area (Å²) < 4.78 is 11.2. The van der Waals surface area contributed by atoms with E-state index in [0.717, 1.165) is 38.5 Å². The minimum Gasteiger partial charge on any atom is -0.480 e. The van der Waals surface area contributed by atoms with Crippen molar-refractivity contribution in [2.24, 2.45) is 0 Å². The molecule has 5 nitrogen and oxygen atoms in total. The Morgan fingerprint density at radius 1 is 1.32 bits per heavy atom. The molecule has 0 aromatic heterocycles. The van der Waals surface area contributed by atoms with Gasteiger partial charge in [0, 0.05) is 13.2 Å². The van der Waals surface area contributed by atoms with E-state index in [1.54, 1.807) is 14.0 Å². The second-order valence-electron chi connectivity index (χ2n) is 6.01. The summed E-state index contributed by atoms with van der Waals surface area (Å²) in [5.41, 5.74) is -0.971. The van der Waals surface area contributed by atoms with Gasteiger partial charge >= 0.3 is 5.97 Å². The van der Waals surface area contributed by atoms with Gasteiger partial charge in [0.05, 0.1) is 18.8 Å². The third kappa shape index (κ3) is 4.16. The molecule has 2 N–H and O–H groups in total. The number of carboxylic acid groups (broad SMARTS) is 1. The summed E-state index contributed by atoms with van der Waals surface area (Å²) in [6.45, 7) is 1.93. The van der Waals surface area contributed by atoms with Crippen molar-refractivity contribution >= 4 is 5.97 Å². The fourth-order valence-corrected chi connectivity index (χ4v) is 2.60. The van der Waals surface area contributed by atoms with Crippen LogP contribution in [0.15, 0.2) is 0 Å². The van der Waals surface area contributed by atoms with Gasteiger partial charge in [-0.15, -0.1) is 0 Å². The average molecular weight is 271 g/mol. The summed E-state index contributed by atoms with van der Waals surface area (Å²) >= 11 is 0. The standard InChI is InChI=1S/C14H25NO4/c1-14(13(16)17,15-10-6-7-10)9-19-12-5-3-4-11(8-12)18-2/h10-12,15H,3-9H2,1-2H3,(H,16,17). The predicted octanol–water partition coefficient (Wildman–Crippen LogP) is 1.56. The Hall–Kier alpha value is -0.650. The molecule has 0 saturated heterocycles. The topological polar surface area (TPSA) is 67.8 Å². The second kappa shape index (κ2) is 6.20. The Morgan fingerprint density at radius 3 is 2.58 bits per heavy atom. The molecule has 0 aromatic carbocycles. The summed E-state index contributed by atoms with van der Waals surface area (Å²) in [5, 5.41) is 12.5. The molecule has 3 unspecified atom stereocenters. The Balaban J connectivity index is 1.82. The number of aliphatic carboxylic acids is 1. The summed E-state index contributed by atoms with van der Waals surface area (Å²) in [4.78, 5) is 11.4. The van der Waals surface area contributed by atoms with Gasteiger partial charge in [0.25, 0.3) is 0 Å². The summed E-state index contributed by atoms with van der Waals surface area (Å²) in [6, 6.07) is 0.350. The van der Waals surface area contributed by atoms with Crippen LogP contribution in [0, 0.1) is 0 Å². The highest BCUT2D eigenvalue weighted by Gasteiger charge is 2.39. The van der Waals surface area contributed by atoms with Crippen molar-refractivity contribution in [3.63, 3.8) is 0 Å². The molecule has 19 heavy (non-hydrogen) atoms. The molecule has 0 spiro atoms. The monoisotopic (exact) mass is 271 g/mol. The van der Waals surface area contributed by atoms with Gasteiger partial charge in [-0.25, -0.2) is 0 Å². The highest BCUT2D eigenvalue weighted by atomic mass is 16.5. The molecule has 110 valence electrons. The van der Waals surface area contributed by atoms with Gasteiger partial charge in [0.1, 0.15) is 5.54 Å². The zero-order chi connectivity index (χ0) is 13.9. The molecule has 2 fully saturated rings. The molecule has 2 saturated carbocycles. The minimum atomic E-state index is -0.971. The largest absolute Gasteiger partial charge is 0.480 e. The van der Waals surface area contributed by atoms with Crippen LogP contribution < -0.4 is 5.32 Å². The maximum atomic E-state index is 11.4. The maximum Gasteiger partial charge on any atom is 0.326 e. The molecule has 3 atom stereocenters. The van der Waals surface area contributed by atoms with E-state index in [9.17, 15) is 9.90 Å². The molecule has 0 amide bonds. The summed E-state index contributed by atoms with van der Waals surface area (Å²) in [7, 11) is 1.73. The molecule has 2 aliphatic carbocycles. The second-order valence-corrected chi connectivity index (χ2v) is 6.01. The number of nitrogens with one attached hydrogen (secondary N) is 1. The molecular formula is C14H25NO4. The normalized spacial score (nSPS) is 30.8. The van der Waals surface area contributed by atoms with Crippen LogP contribution in [0.1, 0.15) is 45.4 Å². The van der Waals surface area contributed by atoms with E-state index in [0.29, 0.717) is 6.04 Å². The number of rotatable bonds is 7. The number of carbonyl (C=O) groups is 1. The van der Waals surface area contributed by atoms with Crippen molar-refractivity contribution in [1.29, 1.82) is 0 Å². The molecule has 0 bridgehead atoms. The molecule has 0 aromatic rings. The lowest BCUT2D eigenvalue weighted by Gasteiger charge is -2.32. The van der Waals surface area contributed by atoms with E-state index in [1.165, 1.54) is 0 Å². The van der Waals surface area contributed by atoms with Crippen LogP contribution >= 0.6 is 0 Å².